The highest BCUT2D eigenvalue weighted by molar-refractivity contribution is 7.25. The summed E-state index contributed by atoms with van der Waals surface area (Å²) in [6, 6.07) is 29.8. The van der Waals surface area contributed by atoms with Crippen molar-refractivity contribution in [3.63, 3.8) is 0 Å². The van der Waals surface area contributed by atoms with Gasteiger partial charge in [0, 0.05) is 43.1 Å². The second-order valence-corrected chi connectivity index (χ2v) is 11.2. The van der Waals surface area contributed by atoms with Crippen molar-refractivity contribution in [3.05, 3.63) is 132 Å². The molecule has 0 atom stereocenters. The molecule has 0 bridgehead atoms. The van der Waals surface area contributed by atoms with E-state index in [0.29, 0.717) is 5.71 Å². The van der Waals surface area contributed by atoms with Crippen molar-refractivity contribution in [2.45, 2.75) is 19.8 Å². The zero-order valence-corrected chi connectivity index (χ0v) is 22.6. The summed E-state index contributed by atoms with van der Waals surface area (Å²) >= 11 is 1.83. The van der Waals surface area contributed by atoms with Crippen LogP contribution in [0.25, 0.3) is 53.9 Å². The number of allylic oxidation sites excluding steroid dienone is 4. The molecule has 0 fully saturated rings. The van der Waals surface area contributed by atoms with Crippen LogP contribution in [0.1, 0.15) is 35.8 Å². The molecule has 1 N–H and O–H groups in total. The predicted octanol–water partition coefficient (Wildman–Crippen LogP) is 10.5. The van der Waals surface area contributed by atoms with Crippen LogP contribution in [0.5, 0.6) is 0 Å². The molecule has 0 unspecified atom stereocenters. The summed E-state index contributed by atoms with van der Waals surface area (Å²) in [5, 5.41) is 12.6. The van der Waals surface area contributed by atoms with Crippen molar-refractivity contribution in [3.8, 4) is 11.1 Å². The summed E-state index contributed by atoms with van der Waals surface area (Å²) in [6.07, 6.45) is 7.66. The lowest BCUT2D eigenvalue weighted by Crippen LogP contribution is -2.08. The van der Waals surface area contributed by atoms with Gasteiger partial charge in [0.15, 0.2) is 0 Å². The van der Waals surface area contributed by atoms with E-state index in [1.165, 1.54) is 25.7 Å². The highest BCUT2D eigenvalue weighted by Crippen LogP contribution is 2.45. The van der Waals surface area contributed by atoms with E-state index in [1.807, 2.05) is 47.7 Å². The number of hydrogen-bond donors (Lipinski definition) is 1. The first-order valence-corrected chi connectivity index (χ1v) is 14.1. The first-order chi connectivity index (χ1) is 19.1. The van der Waals surface area contributed by atoms with Gasteiger partial charge >= 0.3 is 0 Å². The van der Waals surface area contributed by atoms with Crippen LogP contribution in [-0.2, 0) is 6.42 Å². The highest BCUT2D eigenvalue weighted by Gasteiger charge is 2.24. The minimum Gasteiger partial charge on any atom is -0.460 e. The second kappa shape index (κ2) is 9.37. The van der Waals surface area contributed by atoms with Crippen molar-refractivity contribution >= 4 is 59.8 Å². The molecule has 7 rings (SSSR count). The largest absolute Gasteiger partial charge is 0.460 e. The molecule has 1 aliphatic carbocycles. The standard InChI is InChI=1S/C36H27NOS/c1-3-10-22(2)25-20-29(26-14-9-16-33-34(26)27-13-7-8-15-32(27)39-33)36-30(21-25)28-19-24(17-18-31(28)38-36)35(37)23-11-5-4-6-12-23/h3-16,19-21,37H,1,17-18H2,2H3/b22-10+,37-35?. The van der Waals surface area contributed by atoms with Crippen molar-refractivity contribution in [2.24, 2.45) is 0 Å². The smallest absolute Gasteiger partial charge is 0.142 e. The zero-order chi connectivity index (χ0) is 26.5. The average Bonchev–Trinajstić information content (AvgIpc) is 3.55. The van der Waals surface area contributed by atoms with Gasteiger partial charge in [-0.05, 0) is 71.5 Å². The third-order valence-corrected chi connectivity index (χ3v) is 8.88. The predicted molar refractivity (Wildman–Crippen MR) is 168 cm³/mol. The molecule has 0 spiro atoms. The van der Waals surface area contributed by atoms with Crippen LogP contribution in [0, 0.1) is 5.41 Å². The fourth-order valence-electron chi connectivity index (χ4n) is 5.79. The molecule has 0 amide bonds. The molecule has 0 saturated heterocycles. The number of fused-ring (bicyclic) bond motifs is 6. The number of hydrogen-bond acceptors (Lipinski definition) is 3. The van der Waals surface area contributed by atoms with Crippen LogP contribution in [0.15, 0.2) is 114 Å². The molecule has 2 aromatic heterocycles. The minimum atomic E-state index is 0.587. The number of thiophene rings is 1. The first-order valence-electron chi connectivity index (χ1n) is 13.3. The minimum absolute atomic E-state index is 0.587. The van der Waals surface area contributed by atoms with Crippen LogP contribution in [0.2, 0.25) is 0 Å². The Morgan fingerprint density at radius 2 is 1.64 bits per heavy atom. The van der Waals surface area contributed by atoms with Crippen molar-refractivity contribution in [1.82, 2.24) is 0 Å². The number of nitrogens with one attached hydrogen (secondary N) is 1. The number of aryl methyl sites for hydroxylation is 1. The summed E-state index contributed by atoms with van der Waals surface area (Å²) in [7, 11) is 0. The van der Waals surface area contributed by atoms with Crippen molar-refractivity contribution in [2.75, 3.05) is 0 Å². The van der Waals surface area contributed by atoms with Gasteiger partial charge in [0.2, 0.25) is 0 Å². The van der Waals surface area contributed by atoms with Gasteiger partial charge < -0.3 is 4.42 Å². The number of benzene rings is 4. The van der Waals surface area contributed by atoms with Crippen LogP contribution < -0.4 is 0 Å². The fourth-order valence-corrected chi connectivity index (χ4v) is 6.93. The summed E-state index contributed by atoms with van der Waals surface area (Å²) in [6.45, 7) is 6.06. The Bertz CT molecular complexity index is 2000. The molecule has 0 aliphatic heterocycles. The maximum Gasteiger partial charge on any atom is 0.142 e. The van der Waals surface area contributed by atoms with Gasteiger partial charge in [-0.2, -0.15) is 0 Å². The molecule has 0 radical (unpaired) electrons. The quantitative estimate of drug-likeness (QED) is 0.178. The van der Waals surface area contributed by atoms with E-state index in [0.717, 1.165) is 63.0 Å². The van der Waals surface area contributed by atoms with Crippen LogP contribution in [-0.4, -0.2) is 5.71 Å². The number of furan rings is 1. The molecule has 188 valence electrons. The molecule has 2 nitrogen and oxygen atoms in total. The van der Waals surface area contributed by atoms with Crippen molar-refractivity contribution < 1.29 is 4.42 Å². The lowest BCUT2D eigenvalue weighted by molar-refractivity contribution is 0.545. The molecular weight excluding hydrogens is 494 g/mol. The molecule has 39 heavy (non-hydrogen) atoms. The Hall–Kier alpha value is -4.47. The molecule has 0 saturated carbocycles. The van der Waals surface area contributed by atoms with Crippen LogP contribution in [0.3, 0.4) is 0 Å². The van der Waals surface area contributed by atoms with Gasteiger partial charge in [-0.25, -0.2) is 0 Å². The SMILES string of the molecule is C=C/C=C(\C)c1cc(-c2cccc3sc4ccccc4c23)c2oc3c(c2c1)C=C(C(=N)c1ccccc1)CC3. The molecule has 6 aromatic rings. The lowest BCUT2D eigenvalue weighted by Gasteiger charge is -2.14. The summed E-state index contributed by atoms with van der Waals surface area (Å²) in [4.78, 5) is 0. The van der Waals surface area contributed by atoms with Crippen LogP contribution >= 0.6 is 11.3 Å². The monoisotopic (exact) mass is 521 g/mol. The molecule has 2 heterocycles. The third kappa shape index (κ3) is 3.89. The highest BCUT2D eigenvalue weighted by atomic mass is 32.1. The fraction of sp³-hybridized carbons (Fsp3) is 0.0833. The van der Waals surface area contributed by atoms with E-state index < -0.39 is 0 Å². The van der Waals surface area contributed by atoms with Crippen LogP contribution in [0.4, 0.5) is 0 Å². The van der Waals surface area contributed by atoms with Gasteiger partial charge in [-0.15, -0.1) is 11.3 Å². The lowest BCUT2D eigenvalue weighted by atomic mass is 9.89. The third-order valence-electron chi connectivity index (χ3n) is 7.74. The normalized spacial score (nSPS) is 13.6. The zero-order valence-electron chi connectivity index (χ0n) is 21.8. The molecule has 3 heteroatoms. The maximum absolute atomic E-state index is 8.90. The Kier molecular flexibility index (Phi) is 5.68. The van der Waals surface area contributed by atoms with Gasteiger partial charge in [-0.3, -0.25) is 5.41 Å². The van der Waals surface area contributed by atoms with Crippen molar-refractivity contribution in [1.29, 1.82) is 5.41 Å². The Labute approximate surface area is 231 Å². The molecule has 1 aliphatic rings. The van der Waals surface area contributed by atoms with Gasteiger partial charge in [-0.1, -0.05) is 79.4 Å². The van der Waals surface area contributed by atoms with E-state index in [9.17, 15) is 0 Å². The maximum atomic E-state index is 8.90. The Balaban J connectivity index is 1.50. The van der Waals surface area contributed by atoms with Gasteiger partial charge in [0.25, 0.3) is 0 Å². The van der Waals surface area contributed by atoms with E-state index in [2.05, 4.69) is 80.3 Å². The van der Waals surface area contributed by atoms with E-state index in [1.54, 1.807) is 0 Å². The van der Waals surface area contributed by atoms with E-state index in [4.69, 9.17) is 9.83 Å². The van der Waals surface area contributed by atoms with E-state index in [-0.39, 0.29) is 0 Å². The summed E-state index contributed by atoms with van der Waals surface area (Å²) in [5.41, 5.74) is 9.20. The first kappa shape index (κ1) is 23.6. The number of rotatable bonds is 5. The molecular formula is C36H27NOS. The van der Waals surface area contributed by atoms with E-state index >= 15 is 0 Å². The summed E-state index contributed by atoms with van der Waals surface area (Å²) < 4.78 is 9.26. The molecule has 4 aromatic carbocycles. The Morgan fingerprint density at radius 3 is 2.49 bits per heavy atom. The average molecular weight is 522 g/mol. The topological polar surface area (TPSA) is 37.0 Å². The summed E-state index contributed by atoms with van der Waals surface area (Å²) in [5.74, 6) is 1.00. The van der Waals surface area contributed by atoms with Gasteiger partial charge in [0.05, 0.1) is 5.71 Å². The Morgan fingerprint density at radius 1 is 0.846 bits per heavy atom. The second-order valence-electron chi connectivity index (χ2n) is 10.1. The van der Waals surface area contributed by atoms with Gasteiger partial charge in [0.1, 0.15) is 11.3 Å².